The van der Waals surface area contributed by atoms with Crippen molar-refractivity contribution < 1.29 is 14.7 Å². The number of aromatic nitrogens is 1. The van der Waals surface area contributed by atoms with Crippen molar-refractivity contribution in [3.05, 3.63) is 53.7 Å². The molecule has 2 unspecified atom stereocenters. The first-order chi connectivity index (χ1) is 18.8. The molecule has 3 N–H and O–H groups in total. The molecule has 2 aromatic rings. The number of nitrogens with zero attached hydrogens (tertiary/aromatic N) is 3. The molecule has 0 radical (unpaired) electrons. The largest absolute Gasteiger partial charge is 0.390 e. The Balaban J connectivity index is 0.984. The van der Waals surface area contributed by atoms with Crippen molar-refractivity contribution in [2.75, 3.05) is 29.4 Å². The summed E-state index contributed by atoms with van der Waals surface area (Å²) in [6, 6.07) is 14.4. The Morgan fingerprint density at radius 1 is 0.949 bits per heavy atom. The summed E-state index contributed by atoms with van der Waals surface area (Å²) in [4.78, 5) is 35.1. The van der Waals surface area contributed by atoms with E-state index in [0.29, 0.717) is 35.1 Å². The number of hydrogen-bond donors (Lipinski definition) is 3. The molecular weight excluding hydrogens is 490 g/mol. The highest BCUT2D eigenvalue weighted by atomic mass is 16.3. The fourth-order valence-corrected chi connectivity index (χ4v) is 8.00. The van der Waals surface area contributed by atoms with Gasteiger partial charge in [-0.3, -0.25) is 9.59 Å². The fraction of sp³-hybridized carbons (Fsp3) is 0.581. The minimum absolute atomic E-state index is 0.0119. The first-order valence-electron chi connectivity index (χ1n) is 14.8. The van der Waals surface area contributed by atoms with Gasteiger partial charge in [0.25, 0.3) is 11.8 Å². The van der Waals surface area contributed by atoms with Gasteiger partial charge in [-0.15, -0.1) is 0 Å². The standard InChI is InChI=1S/C31H39N5O3/c1-19-18-35(25-9-5-21(6-10-25)29(37)32-24-7-8-24)11-12-36(19)27-4-2-3-26(33-27)30(38)34-28-22-13-20-14-23(28)17-31(39,15-20)16-22/h2-6,9-10,19-20,22-24,28,39H,7-8,11-18H2,1H3,(H,32,37)(H,34,38)/t19-,20?,22?,23?,28-,31-/m1/s1. The zero-order valence-electron chi connectivity index (χ0n) is 22.7. The zero-order chi connectivity index (χ0) is 26.7. The Hall–Kier alpha value is -3.13. The van der Waals surface area contributed by atoms with Crippen LogP contribution < -0.4 is 20.4 Å². The molecule has 5 saturated carbocycles. The summed E-state index contributed by atoms with van der Waals surface area (Å²) >= 11 is 0. The van der Waals surface area contributed by atoms with E-state index in [2.05, 4.69) is 27.4 Å². The molecule has 1 aliphatic heterocycles. The average molecular weight is 530 g/mol. The van der Waals surface area contributed by atoms with Crippen molar-refractivity contribution in [1.29, 1.82) is 0 Å². The lowest BCUT2D eigenvalue weighted by Gasteiger charge is -2.58. The minimum Gasteiger partial charge on any atom is -0.390 e. The third-order valence-electron chi connectivity index (χ3n) is 9.83. The van der Waals surface area contributed by atoms with E-state index in [-0.39, 0.29) is 23.9 Å². The number of carbonyl (C=O) groups excluding carboxylic acids is 2. The maximum atomic E-state index is 13.3. The highest BCUT2D eigenvalue weighted by Crippen LogP contribution is 2.55. The Labute approximate surface area is 230 Å². The lowest BCUT2D eigenvalue weighted by atomic mass is 9.52. The maximum Gasteiger partial charge on any atom is 0.270 e. The highest BCUT2D eigenvalue weighted by Gasteiger charge is 2.55. The third-order valence-corrected chi connectivity index (χ3v) is 9.83. The summed E-state index contributed by atoms with van der Waals surface area (Å²) in [5.41, 5.74) is 1.79. The molecule has 6 fully saturated rings. The van der Waals surface area contributed by atoms with E-state index in [9.17, 15) is 14.7 Å². The molecule has 8 rings (SSSR count). The zero-order valence-corrected chi connectivity index (χ0v) is 22.7. The lowest BCUT2D eigenvalue weighted by molar-refractivity contribution is -0.136. The van der Waals surface area contributed by atoms with Crippen molar-refractivity contribution in [3.63, 3.8) is 0 Å². The first kappa shape index (κ1) is 24.9. The number of rotatable bonds is 6. The van der Waals surface area contributed by atoms with Gasteiger partial charge in [-0.05, 0) is 106 Å². The maximum absolute atomic E-state index is 13.3. The summed E-state index contributed by atoms with van der Waals surface area (Å²) in [6.45, 7) is 4.67. The van der Waals surface area contributed by atoms with Gasteiger partial charge in [0.1, 0.15) is 11.5 Å². The number of benzene rings is 1. The van der Waals surface area contributed by atoms with Crippen LogP contribution in [0.2, 0.25) is 0 Å². The molecule has 1 saturated heterocycles. The van der Waals surface area contributed by atoms with Gasteiger partial charge in [-0.25, -0.2) is 4.98 Å². The average Bonchev–Trinajstić information content (AvgIpc) is 3.74. The smallest absolute Gasteiger partial charge is 0.270 e. The third kappa shape index (κ3) is 4.88. The summed E-state index contributed by atoms with van der Waals surface area (Å²) in [7, 11) is 0. The second-order valence-corrected chi connectivity index (χ2v) is 12.9. The van der Waals surface area contributed by atoms with Crippen LogP contribution in [-0.2, 0) is 0 Å². The molecule has 2 amide bonds. The molecule has 8 heteroatoms. The number of pyridine rings is 1. The van der Waals surface area contributed by atoms with Crippen molar-refractivity contribution in [2.45, 2.75) is 75.6 Å². The predicted molar refractivity (Wildman–Crippen MR) is 150 cm³/mol. The molecule has 6 aliphatic rings. The van der Waals surface area contributed by atoms with E-state index in [1.165, 1.54) is 0 Å². The molecule has 2 heterocycles. The van der Waals surface area contributed by atoms with E-state index in [1.54, 1.807) is 0 Å². The van der Waals surface area contributed by atoms with Crippen LogP contribution in [0.15, 0.2) is 42.5 Å². The van der Waals surface area contributed by atoms with Gasteiger partial charge in [0.05, 0.1) is 5.60 Å². The molecule has 1 aromatic carbocycles. The monoisotopic (exact) mass is 529 g/mol. The van der Waals surface area contributed by atoms with E-state index >= 15 is 0 Å². The molecule has 5 aliphatic carbocycles. The highest BCUT2D eigenvalue weighted by molar-refractivity contribution is 5.95. The Morgan fingerprint density at radius 2 is 1.69 bits per heavy atom. The van der Waals surface area contributed by atoms with Crippen LogP contribution in [0.5, 0.6) is 0 Å². The summed E-state index contributed by atoms with van der Waals surface area (Å²) < 4.78 is 0. The fourth-order valence-electron chi connectivity index (χ4n) is 8.00. The van der Waals surface area contributed by atoms with Crippen LogP contribution in [0.3, 0.4) is 0 Å². The summed E-state index contributed by atoms with van der Waals surface area (Å²) in [6.07, 6.45) is 6.99. The number of aliphatic hydroxyl groups is 1. The van der Waals surface area contributed by atoms with Gasteiger partial charge in [0.15, 0.2) is 0 Å². The number of carbonyl (C=O) groups is 2. The lowest BCUT2D eigenvalue weighted by Crippen LogP contribution is -2.61. The van der Waals surface area contributed by atoms with Gasteiger partial charge in [-0.2, -0.15) is 0 Å². The topological polar surface area (TPSA) is 97.8 Å². The molecule has 0 spiro atoms. The quantitative estimate of drug-likeness (QED) is 0.531. The molecular formula is C31H39N5O3. The van der Waals surface area contributed by atoms with Gasteiger partial charge in [0, 0.05) is 49.0 Å². The van der Waals surface area contributed by atoms with Gasteiger partial charge >= 0.3 is 0 Å². The van der Waals surface area contributed by atoms with Crippen LogP contribution >= 0.6 is 0 Å². The van der Waals surface area contributed by atoms with E-state index in [0.717, 1.165) is 76.1 Å². The molecule has 206 valence electrons. The Morgan fingerprint density at radius 3 is 2.36 bits per heavy atom. The van der Waals surface area contributed by atoms with Crippen molar-refractivity contribution in [1.82, 2.24) is 15.6 Å². The normalized spacial score (nSPS) is 33.2. The van der Waals surface area contributed by atoms with Crippen LogP contribution in [0, 0.1) is 17.8 Å². The SMILES string of the molecule is C[C@@H]1CN(c2ccc(C(=O)NC3CC3)cc2)CCN1c1cccc(C(=O)N[C@H]2C3CC4CC2C[C@](O)(C4)C3)n1. The minimum atomic E-state index is -0.499. The molecule has 1 aromatic heterocycles. The number of hydrogen-bond acceptors (Lipinski definition) is 6. The van der Waals surface area contributed by atoms with Crippen molar-refractivity contribution >= 4 is 23.3 Å². The number of piperazine rings is 1. The van der Waals surface area contributed by atoms with E-state index in [1.807, 2.05) is 42.5 Å². The van der Waals surface area contributed by atoms with Gasteiger partial charge < -0.3 is 25.5 Å². The van der Waals surface area contributed by atoms with E-state index in [4.69, 9.17) is 4.98 Å². The molecule has 39 heavy (non-hydrogen) atoms. The second kappa shape index (κ2) is 9.51. The number of amides is 2. The first-order valence-corrected chi connectivity index (χ1v) is 14.8. The summed E-state index contributed by atoms with van der Waals surface area (Å²) in [5, 5.41) is 17.3. The number of nitrogens with one attached hydrogen (secondary N) is 2. The van der Waals surface area contributed by atoms with Gasteiger partial charge in [0.2, 0.25) is 0 Å². The number of anilines is 2. The van der Waals surface area contributed by atoms with Crippen LogP contribution in [0.4, 0.5) is 11.5 Å². The van der Waals surface area contributed by atoms with Crippen LogP contribution in [0.1, 0.15) is 72.7 Å². The Bertz CT molecular complexity index is 1250. The predicted octanol–water partition coefficient (Wildman–Crippen LogP) is 3.36. The molecule has 4 bridgehead atoms. The Kier molecular flexibility index (Phi) is 6.06. The second-order valence-electron chi connectivity index (χ2n) is 12.9. The molecule has 8 nitrogen and oxygen atoms in total. The van der Waals surface area contributed by atoms with E-state index < -0.39 is 5.60 Å². The molecule has 3 atom stereocenters. The van der Waals surface area contributed by atoms with Crippen LogP contribution in [-0.4, -0.2) is 65.3 Å². The summed E-state index contributed by atoms with van der Waals surface area (Å²) in [5.74, 6) is 2.12. The van der Waals surface area contributed by atoms with Crippen molar-refractivity contribution in [2.24, 2.45) is 17.8 Å². The van der Waals surface area contributed by atoms with Crippen LogP contribution in [0.25, 0.3) is 0 Å². The van der Waals surface area contributed by atoms with Crippen molar-refractivity contribution in [3.8, 4) is 0 Å². The van der Waals surface area contributed by atoms with Gasteiger partial charge in [-0.1, -0.05) is 6.07 Å².